The van der Waals surface area contributed by atoms with Gasteiger partial charge in [-0.15, -0.1) is 0 Å². The summed E-state index contributed by atoms with van der Waals surface area (Å²) in [5.41, 5.74) is 3.30. The predicted molar refractivity (Wildman–Crippen MR) is 152 cm³/mol. The van der Waals surface area contributed by atoms with Gasteiger partial charge in [0, 0.05) is 45.3 Å². The number of fused-ring (bicyclic) bond motifs is 1. The van der Waals surface area contributed by atoms with Crippen molar-refractivity contribution in [3.05, 3.63) is 54.5 Å². The number of likely N-dealkylation sites (tertiary alicyclic amines) is 1. The molecule has 208 valence electrons. The number of anilines is 2. The van der Waals surface area contributed by atoms with Gasteiger partial charge in [0.1, 0.15) is 17.6 Å². The molecule has 1 saturated heterocycles. The Kier molecular flexibility index (Phi) is 9.12. The topological polar surface area (TPSA) is 97.2 Å². The Hall–Kier alpha value is -3.59. The van der Waals surface area contributed by atoms with E-state index in [0.717, 1.165) is 30.7 Å². The van der Waals surface area contributed by atoms with Crippen LogP contribution in [-0.2, 0) is 14.6 Å². The lowest BCUT2D eigenvalue weighted by Crippen LogP contribution is -2.48. The zero-order valence-electron chi connectivity index (χ0n) is 22.4. The van der Waals surface area contributed by atoms with Crippen molar-refractivity contribution >= 4 is 32.9 Å². The molecule has 4 rings (SSSR count). The molecule has 0 bridgehead atoms. The standard InChI is InChI=1S/C28H34FN5O4S/c1-5-26-23(8-6-13-30-24-11-10-20(39(4,35)36)18-27(24)38-3)32-28-25(9-7-14-34(26)28)31-22-12-15-33(16-17-37-2)19-21(22)29/h5,7,9-11,14,18,21-22,30-31H,1,12-13,15-17,19H2,2-4H3/t21-,22+/m0/s1. The summed E-state index contributed by atoms with van der Waals surface area (Å²) in [4.78, 5) is 6.99. The van der Waals surface area contributed by atoms with Crippen LogP contribution in [0.15, 0.2) is 48.0 Å². The molecule has 2 aromatic heterocycles. The normalized spacial score (nSPS) is 17.8. The first-order valence-corrected chi connectivity index (χ1v) is 14.5. The van der Waals surface area contributed by atoms with Crippen molar-refractivity contribution in [2.24, 2.45) is 0 Å². The summed E-state index contributed by atoms with van der Waals surface area (Å²) < 4.78 is 51.0. The third kappa shape index (κ3) is 6.71. The van der Waals surface area contributed by atoms with E-state index >= 15 is 0 Å². The Balaban J connectivity index is 1.49. The highest BCUT2D eigenvalue weighted by molar-refractivity contribution is 7.90. The van der Waals surface area contributed by atoms with Crippen molar-refractivity contribution in [1.29, 1.82) is 0 Å². The molecule has 11 heteroatoms. The molecule has 2 N–H and O–H groups in total. The Morgan fingerprint density at radius 2 is 2.10 bits per heavy atom. The number of methoxy groups -OCH3 is 2. The van der Waals surface area contributed by atoms with Gasteiger partial charge in [0.2, 0.25) is 0 Å². The number of benzene rings is 1. The van der Waals surface area contributed by atoms with E-state index in [1.807, 2.05) is 22.7 Å². The number of hydrogen-bond donors (Lipinski definition) is 2. The van der Waals surface area contributed by atoms with Crippen molar-refractivity contribution in [2.45, 2.75) is 23.5 Å². The molecule has 0 saturated carbocycles. The smallest absolute Gasteiger partial charge is 0.175 e. The van der Waals surface area contributed by atoms with Gasteiger partial charge in [0.05, 0.1) is 48.3 Å². The third-order valence-electron chi connectivity index (χ3n) is 6.63. The van der Waals surface area contributed by atoms with E-state index in [-0.39, 0.29) is 17.5 Å². The fourth-order valence-electron chi connectivity index (χ4n) is 4.55. The van der Waals surface area contributed by atoms with Crippen LogP contribution in [0.3, 0.4) is 0 Å². The molecule has 39 heavy (non-hydrogen) atoms. The highest BCUT2D eigenvalue weighted by Crippen LogP contribution is 2.28. The lowest BCUT2D eigenvalue weighted by atomic mass is 10.0. The molecule has 1 aromatic carbocycles. The maximum atomic E-state index is 15.0. The summed E-state index contributed by atoms with van der Waals surface area (Å²) in [6.45, 7) is 6.66. The van der Waals surface area contributed by atoms with Crippen molar-refractivity contribution in [2.75, 3.05) is 63.9 Å². The summed E-state index contributed by atoms with van der Waals surface area (Å²) >= 11 is 0. The fraction of sp³-hybridized carbons (Fsp3) is 0.393. The molecule has 0 amide bonds. The van der Waals surface area contributed by atoms with E-state index < -0.39 is 16.0 Å². The van der Waals surface area contributed by atoms with Crippen LogP contribution in [0.25, 0.3) is 11.7 Å². The van der Waals surface area contributed by atoms with Crippen LogP contribution < -0.4 is 15.4 Å². The number of nitrogens with zero attached hydrogens (tertiary/aromatic N) is 3. The molecule has 3 heterocycles. The second-order valence-corrected chi connectivity index (χ2v) is 11.3. The molecule has 1 aliphatic rings. The van der Waals surface area contributed by atoms with Crippen LogP contribution in [-0.4, -0.2) is 88.2 Å². The minimum atomic E-state index is -3.34. The zero-order chi connectivity index (χ0) is 28.0. The molecule has 1 fully saturated rings. The number of alkyl halides is 1. The molecule has 2 atom stereocenters. The van der Waals surface area contributed by atoms with Gasteiger partial charge in [0.15, 0.2) is 15.5 Å². The Morgan fingerprint density at radius 1 is 1.28 bits per heavy atom. The van der Waals surface area contributed by atoms with Gasteiger partial charge in [-0.2, -0.15) is 0 Å². The van der Waals surface area contributed by atoms with E-state index in [1.54, 1.807) is 19.3 Å². The summed E-state index contributed by atoms with van der Waals surface area (Å²) in [7, 11) is -0.215. The van der Waals surface area contributed by atoms with Crippen molar-refractivity contribution in [3.63, 3.8) is 0 Å². The predicted octanol–water partition coefficient (Wildman–Crippen LogP) is 3.32. The second kappa shape index (κ2) is 12.5. The van der Waals surface area contributed by atoms with Gasteiger partial charge >= 0.3 is 0 Å². The van der Waals surface area contributed by atoms with Crippen LogP contribution in [0.1, 0.15) is 17.8 Å². The number of rotatable bonds is 10. The van der Waals surface area contributed by atoms with Crippen LogP contribution in [0.5, 0.6) is 5.75 Å². The molecule has 0 unspecified atom stereocenters. The first-order valence-electron chi connectivity index (χ1n) is 12.6. The largest absolute Gasteiger partial charge is 0.495 e. The first-order chi connectivity index (χ1) is 18.7. The number of aromatic nitrogens is 2. The summed E-state index contributed by atoms with van der Waals surface area (Å²) in [6, 6.07) is 8.10. The van der Waals surface area contributed by atoms with Crippen LogP contribution in [0.2, 0.25) is 0 Å². The van der Waals surface area contributed by atoms with Crippen LogP contribution in [0, 0.1) is 11.8 Å². The summed E-state index contributed by atoms with van der Waals surface area (Å²) in [5, 5.41) is 6.51. The maximum Gasteiger partial charge on any atom is 0.175 e. The fourth-order valence-corrected chi connectivity index (χ4v) is 5.19. The van der Waals surface area contributed by atoms with E-state index in [9.17, 15) is 12.8 Å². The highest BCUT2D eigenvalue weighted by Gasteiger charge is 2.29. The van der Waals surface area contributed by atoms with Gasteiger partial charge in [-0.25, -0.2) is 17.8 Å². The summed E-state index contributed by atoms with van der Waals surface area (Å²) in [6.07, 6.45) is 4.38. The second-order valence-electron chi connectivity index (χ2n) is 9.30. The minimum Gasteiger partial charge on any atom is -0.495 e. The number of nitrogens with one attached hydrogen (secondary N) is 2. The summed E-state index contributed by atoms with van der Waals surface area (Å²) in [5.74, 6) is 6.55. The molecule has 3 aromatic rings. The minimum absolute atomic E-state index is 0.177. The average Bonchev–Trinajstić information content (AvgIpc) is 3.29. The zero-order valence-corrected chi connectivity index (χ0v) is 23.2. The molecule has 0 radical (unpaired) electrons. The van der Waals surface area contributed by atoms with Crippen molar-refractivity contribution in [3.8, 4) is 17.6 Å². The number of halogens is 1. The molecular weight excluding hydrogens is 521 g/mol. The lowest BCUT2D eigenvalue weighted by Gasteiger charge is -2.35. The van der Waals surface area contributed by atoms with E-state index in [0.29, 0.717) is 42.4 Å². The van der Waals surface area contributed by atoms with Crippen molar-refractivity contribution in [1.82, 2.24) is 14.3 Å². The van der Waals surface area contributed by atoms with Gasteiger partial charge in [-0.3, -0.25) is 9.30 Å². The average molecular weight is 556 g/mol. The molecule has 9 nitrogen and oxygen atoms in total. The maximum absolute atomic E-state index is 15.0. The number of pyridine rings is 1. The van der Waals surface area contributed by atoms with Gasteiger partial charge in [0.25, 0.3) is 0 Å². The van der Waals surface area contributed by atoms with Crippen LogP contribution in [0.4, 0.5) is 15.8 Å². The highest BCUT2D eigenvalue weighted by atomic mass is 32.2. The Bertz CT molecular complexity index is 1490. The SMILES string of the molecule is C=Cc1c(C#CCNc2ccc(S(C)(=O)=O)cc2OC)nc2c(N[C@@H]3CCN(CCOC)C[C@@H]3F)cccn12. The van der Waals surface area contributed by atoms with Crippen LogP contribution >= 0.6 is 0 Å². The number of imidazole rings is 1. The lowest BCUT2D eigenvalue weighted by molar-refractivity contribution is 0.0920. The monoisotopic (exact) mass is 555 g/mol. The Morgan fingerprint density at radius 3 is 2.79 bits per heavy atom. The Labute approximate surface area is 228 Å². The van der Waals surface area contributed by atoms with Crippen molar-refractivity contribution < 1.29 is 22.3 Å². The molecular formula is C28H34FN5O4S. The van der Waals surface area contributed by atoms with Gasteiger partial charge < -0.3 is 20.1 Å². The number of sulfone groups is 1. The third-order valence-corrected chi connectivity index (χ3v) is 7.74. The number of hydrogen-bond acceptors (Lipinski definition) is 8. The van der Waals surface area contributed by atoms with E-state index in [2.05, 4.69) is 34.0 Å². The van der Waals surface area contributed by atoms with Gasteiger partial charge in [-0.05, 0) is 42.7 Å². The van der Waals surface area contributed by atoms with E-state index in [4.69, 9.17) is 14.5 Å². The number of piperidine rings is 1. The molecule has 1 aliphatic heterocycles. The molecule has 0 aliphatic carbocycles. The first kappa shape index (κ1) is 28.4. The number of ether oxygens (including phenoxy) is 2. The van der Waals surface area contributed by atoms with Gasteiger partial charge in [-0.1, -0.05) is 12.5 Å². The van der Waals surface area contributed by atoms with E-state index in [1.165, 1.54) is 19.2 Å². The molecule has 0 spiro atoms. The quantitative estimate of drug-likeness (QED) is 0.368.